The van der Waals surface area contributed by atoms with Gasteiger partial charge in [0.05, 0.1) is 50.1 Å². The molecule has 2 heterocycles. The van der Waals surface area contributed by atoms with Gasteiger partial charge in [-0.15, -0.1) is 0 Å². The second-order valence-corrected chi connectivity index (χ2v) is 10.2. The topological polar surface area (TPSA) is 45.2 Å². The third-order valence-electron chi connectivity index (χ3n) is 5.36. The van der Waals surface area contributed by atoms with Crippen LogP contribution in [0.3, 0.4) is 0 Å². The molecule has 0 saturated carbocycles. The van der Waals surface area contributed by atoms with Crippen molar-refractivity contribution >= 4 is 56.9 Å². The van der Waals surface area contributed by atoms with Crippen molar-refractivity contribution in [2.45, 2.75) is 44.2 Å². The van der Waals surface area contributed by atoms with Crippen molar-refractivity contribution in [3.63, 3.8) is 0 Å². The Bertz CT molecular complexity index is 697. The quantitative estimate of drug-likeness (QED) is 0.516. The van der Waals surface area contributed by atoms with E-state index in [9.17, 15) is 4.55 Å². The van der Waals surface area contributed by atoms with Crippen LogP contribution in [0.5, 0.6) is 0 Å². The molecule has 3 unspecified atom stereocenters. The molecule has 1 aromatic rings. The molecular weight excluding hydrogens is 444 g/mol. The number of rotatable bonds is 4. The lowest BCUT2D eigenvalue weighted by Gasteiger charge is -2.45. The average molecular weight is 473 g/mol. The molecule has 2 saturated heterocycles. The van der Waals surface area contributed by atoms with E-state index >= 15 is 0 Å². The predicted molar refractivity (Wildman–Crippen MR) is 130 cm³/mol. The molecule has 0 spiro atoms. The first-order valence-corrected chi connectivity index (χ1v) is 12.4. The second-order valence-electron chi connectivity index (χ2n) is 7.39. The van der Waals surface area contributed by atoms with Gasteiger partial charge in [0, 0.05) is 18.8 Å². The highest BCUT2D eigenvalue weighted by Crippen LogP contribution is 2.26. The number of thiocarbonyl (C=S) groups is 2. The second kappa shape index (κ2) is 11.3. The Kier molecular flexibility index (Phi) is 9.03. The van der Waals surface area contributed by atoms with E-state index in [1.807, 2.05) is 0 Å². The van der Waals surface area contributed by atoms with Gasteiger partial charge in [-0.05, 0) is 31.4 Å². The zero-order valence-electron chi connectivity index (χ0n) is 16.8. The number of hydrogen-bond acceptors (Lipinski definition) is 7. The van der Waals surface area contributed by atoms with Crippen molar-refractivity contribution in [2.75, 3.05) is 32.9 Å². The monoisotopic (exact) mass is 472 g/mol. The Balaban J connectivity index is 1.57. The maximum atomic E-state index is 9.48. The van der Waals surface area contributed by atoms with Crippen molar-refractivity contribution in [1.29, 1.82) is 0 Å². The lowest BCUT2D eigenvalue weighted by molar-refractivity contribution is -0.0593. The summed E-state index contributed by atoms with van der Waals surface area (Å²) in [5.74, 6) is 0.869. The first-order valence-electron chi connectivity index (χ1n) is 9.82. The summed E-state index contributed by atoms with van der Waals surface area (Å²) in [5.41, 5.74) is 2.49. The minimum atomic E-state index is 0.0532. The van der Waals surface area contributed by atoms with Crippen LogP contribution in [0.25, 0.3) is 0 Å². The van der Waals surface area contributed by atoms with Gasteiger partial charge in [0.25, 0.3) is 0 Å². The summed E-state index contributed by atoms with van der Waals surface area (Å²) in [6.45, 7) is 8.06. The minimum absolute atomic E-state index is 0.0532. The van der Waals surface area contributed by atoms with Gasteiger partial charge in [0.1, 0.15) is 4.32 Å². The van der Waals surface area contributed by atoms with Crippen molar-refractivity contribution in [2.24, 2.45) is 0 Å². The average Bonchev–Trinajstić information content (AvgIpc) is 2.75. The molecule has 1 N–H and O–H groups in total. The Morgan fingerprint density at radius 2 is 1.76 bits per heavy atom. The summed E-state index contributed by atoms with van der Waals surface area (Å²) < 4.78 is 22.3. The summed E-state index contributed by atoms with van der Waals surface area (Å²) >= 11 is 13.3. The Hall–Kier alpha value is -0.420. The van der Waals surface area contributed by atoms with Crippen molar-refractivity contribution in [3.8, 4) is 0 Å². The molecule has 0 radical (unpaired) electrons. The van der Waals surface area contributed by atoms with E-state index < -0.39 is 0 Å². The number of benzene rings is 1. The summed E-state index contributed by atoms with van der Waals surface area (Å²) in [6, 6.07) is 8.96. The first-order chi connectivity index (χ1) is 14.0. The van der Waals surface area contributed by atoms with E-state index in [-0.39, 0.29) is 18.2 Å². The van der Waals surface area contributed by atoms with E-state index in [1.165, 1.54) is 11.1 Å². The summed E-state index contributed by atoms with van der Waals surface area (Å²) in [5, 5.41) is 0. The Labute approximate surface area is 192 Å². The van der Waals surface area contributed by atoms with Crippen LogP contribution in [0.4, 0.5) is 0 Å². The lowest BCUT2D eigenvalue weighted by Crippen LogP contribution is -2.56. The van der Waals surface area contributed by atoms with E-state index in [2.05, 4.69) is 47.9 Å². The number of nitrogens with zero attached hydrogens (tertiary/aromatic N) is 2. The molecule has 0 amide bonds. The van der Waals surface area contributed by atoms with E-state index in [0.29, 0.717) is 23.0 Å². The van der Waals surface area contributed by atoms with Gasteiger partial charge in [0.2, 0.25) is 0 Å². The molecule has 0 aliphatic carbocycles. The van der Waals surface area contributed by atoms with Gasteiger partial charge >= 0.3 is 0 Å². The molecule has 3 rings (SSSR count). The fourth-order valence-electron chi connectivity index (χ4n) is 3.66. The number of thioether (sulfide) groups is 1. The first kappa shape index (κ1) is 23.2. The Morgan fingerprint density at radius 3 is 2.41 bits per heavy atom. The van der Waals surface area contributed by atoms with Crippen LogP contribution < -0.4 is 0 Å². The van der Waals surface area contributed by atoms with Crippen molar-refractivity contribution < 1.29 is 14.0 Å². The van der Waals surface area contributed by atoms with Crippen LogP contribution in [0, 0.1) is 0 Å². The predicted octanol–water partition coefficient (Wildman–Crippen LogP) is 4.05. The van der Waals surface area contributed by atoms with Crippen LogP contribution in [-0.4, -0.2) is 74.1 Å². The van der Waals surface area contributed by atoms with Crippen LogP contribution in [0.15, 0.2) is 24.3 Å². The molecule has 2 fully saturated rings. The summed E-state index contributed by atoms with van der Waals surface area (Å²) in [7, 11) is 0. The summed E-state index contributed by atoms with van der Waals surface area (Å²) in [6.07, 6.45) is 0.878. The van der Waals surface area contributed by atoms with E-state index in [1.54, 1.807) is 11.8 Å². The maximum Gasteiger partial charge on any atom is 0.164 e. The van der Waals surface area contributed by atoms with Crippen molar-refractivity contribution in [1.82, 2.24) is 9.80 Å². The van der Waals surface area contributed by atoms with Gasteiger partial charge in [-0.1, -0.05) is 60.5 Å². The molecule has 2 aliphatic heterocycles. The summed E-state index contributed by atoms with van der Waals surface area (Å²) in [4.78, 5) is 4.35. The minimum Gasteiger partial charge on any atom is -0.378 e. The van der Waals surface area contributed by atoms with Gasteiger partial charge in [-0.25, -0.2) is 0 Å². The molecule has 1 aromatic carbocycles. The molecule has 2 aliphatic rings. The normalized spacial score (nSPS) is 25.1. The zero-order valence-corrected chi connectivity index (χ0v) is 20.0. The van der Waals surface area contributed by atoms with E-state index in [4.69, 9.17) is 33.9 Å². The smallest absolute Gasteiger partial charge is 0.164 e. The van der Waals surface area contributed by atoms with Crippen LogP contribution in [0.1, 0.15) is 25.0 Å². The molecule has 9 heteroatoms. The number of ether oxygens (including phenoxy) is 2. The SMILES string of the molecule is CC1OCC(C)N(C(=S)SO)C1Cc1ccc(CSC(=S)N2CCOCC2)cc1. The highest BCUT2D eigenvalue weighted by atomic mass is 32.2. The fourth-order valence-corrected chi connectivity index (χ4v) is 5.59. The van der Waals surface area contributed by atoms with Gasteiger partial charge in [0.15, 0.2) is 4.32 Å². The molecule has 29 heavy (non-hydrogen) atoms. The highest BCUT2D eigenvalue weighted by Gasteiger charge is 2.35. The zero-order chi connectivity index (χ0) is 20.8. The van der Waals surface area contributed by atoms with E-state index in [0.717, 1.165) is 42.8 Å². The lowest BCUT2D eigenvalue weighted by atomic mass is 9.97. The fraction of sp³-hybridized carbons (Fsp3) is 0.600. The largest absolute Gasteiger partial charge is 0.378 e. The molecule has 3 atom stereocenters. The molecule has 160 valence electrons. The molecule has 0 aromatic heterocycles. The highest BCUT2D eigenvalue weighted by molar-refractivity contribution is 8.22. The molecule has 5 nitrogen and oxygen atoms in total. The van der Waals surface area contributed by atoms with Crippen LogP contribution in [0.2, 0.25) is 0 Å². The Morgan fingerprint density at radius 1 is 1.10 bits per heavy atom. The standard InChI is InChI=1S/C20H28N2O3S4/c1-14-12-25-15(2)18(22(14)20(27)29-23)11-16-3-5-17(6-4-16)13-28-19(26)21-7-9-24-10-8-21/h3-6,14-15,18,23H,7-13H2,1-2H3. The number of hydrogen-bond donors (Lipinski definition) is 1. The third kappa shape index (κ3) is 6.29. The van der Waals surface area contributed by atoms with Gasteiger partial charge < -0.3 is 23.8 Å². The van der Waals surface area contributed by atoms with Crippen molar-refractivity contribution in [3.05, 3.63) is 35.4 Å². The third-order valence-corrected chi connectivity index (χ3v) is 7.76. The number of morpholine rings is 2. The van der Waals surface area contributed by atoms with Crippen LogP contribution >= 0.6 is 48.2 Å². The van der Waals surface area contributed by atoms with Gasteiger partial charge in [-0.2, -0.15) is 0 Å². The van der Waals surface area contributed by atoms with Gasteiger partial charge in [-0.3, -0.25) is 0 Å². The molecule has 0 bridgehead atoms. The molecular formula is C20H28N2O3S4. The van der Waals surface area contributed by atoms with Crippen LogP contribution in [-0.2, 0) is 21.6 Å². The maximum absolute atomic E-state index is 9.48.